The molecule has 20 atom stereocenters. The third-order valence-electron chi connectivity index (χ3n) is 8.25. The van der Waals surface area contributed by atoms with Crippen molar-refractivity contribution < 1.29 is 99.5 Å². The first-order valence-electron chi connectivity index (χ1n) is 14.2. The lowest BCUT2D eigenvalue weighted by molar-refractivity contribution is -0.360. The predicted molar refractivity (Wildman–Crippen MR) is 136 cm³/mol. The first-order chi connectivity index (χ1) is 21.2. The predicted octanol–water partition coefficient (Wildman–Crippen LogP) is -9.78. The molecule has 0 aromatic heterocycles. The van der Waals surface area contributed by atoms with Crippen molar-refractivity contribution in [2.75, 3.05) is 26.4 Å². The van der Waals surface area contributed by atoms with Gasteiger partial charge in [-0.05, 0) is 0 Å². The molecule has 0 radical (unpaired) electrons. The highest BCUT2D eigenvalue weighted by molar-refractivity contribution is 4.97. The molecule has 0 aliphatic carbocycles. The Morgan fingerprint density at radius 1 is 0.556 bits per heavy atom. The Hall–Kier alpha value is -0.840. The molecule has 264 valence electrons. The number of rotatable bonds is 11. The van der Waals surface area contributed by atoms with Crippen LogP contribution < -0.4 is 5.73 Å². The minimum atomic E-state index is -1.88. The molecule has 21 heteroatoms. The molecule has 0 amide bonds. The van der Waals surface area contributed by atoms with Gasteiger partial charge in [0.15, 0.2) is 25.2 Å². The van der Waals surface area contributed by atoms with Gasteiger partial charge in [0.05, 0.1) is 32.5 Å². The lowest BCUT2D eigenvalue weighted by atomic mass is 9.96. The molecule has 4 heterocycles. The van der Waals surface area contributed by atoms with Crippen molar-refractivity contribution in [2.24, 2.45) is 5.73 Å². The smallest absolute Gasteiger partial charge is 0.187 e. The number of nitrogens with two attached hydrogens (primary N) is 1. The number of hydrogen-bond acceptors (Lipinski definition) is 21. The maximum absolute atomic E-state index is 10.8. The molecule has 4 saturated heterocycles. The van der Waals surface area contributed by atoms with Crippen molar-refractivity contribution in [3.63, 3.8) is 0 Å². The lowest BCUT2D eigenvalue weighted by Gasteiger charge is -2.46. The molecule has 0 saturated carbocycles. The van der Waals surface area contributed by atoms with E-state index in [1.807, 2.05) is 0 Å². The van der Waals surface area contributed by atoms with E-state index >= 15 is 0 Å². The Morgan fingerprint density at radius 3 is 1.69 bits per heavy atom. The first-order valence-corrected chi connectivity index (χ1v) is 14.2. The Labute approximate surface area is 255 Å². The van der Waals surface area contributed by atoms with E-state index in [9.17, 15) is 66.4 Å². The molecule has 15 N–H and O–H groups in total. The Kier molecular flexibility index (Phi) is 12.8. The second kappa shape index (κ2) is 15.6. The van der Waals surface area contributed by atoms with Crippen LogP contribution in [0.3, 0.4) is 0 Å². The van der Waals surface area contributed by atoms with Crippen LogP contribution in [0, 0.1) is 0 Å². The van der Waals surface area contributed by atoms with E-state index in [0.717, 1.165) is 0 Å². The van der Waals surface area contributed by atoms with E-state index < -0.39 is 149 Å². The summed E-state index contributed by atoms with van der Waals surface area (Å²) in [5.41, 5.74) is 5.93. The summed E-state index contributed by atoms with van der Waals surface area (Å²) in [6, 6.07) is -1.48. The van der Waals surface area contributed by atoms with Gasteiger partial charge in [0.1, 0.15) is 91.6 Å². The third kappa shape index (κ3) is 7.59. The van der Waals surface area contributed by atoms with E-state index in [-0.39, 0.29) is 0 Å². The molecular formula is C24H43NO20. The van der Waals surface area contributed by atoms with Crippen LogP contribution in [-0.4, -0.2) is 216 Å². The van der Waals surface area contributed by atoms with Crippen molar-refractivity contribution >= 4 is 0 Å². The Morgan fingerprint density at radius 2 is 1.09 bits per heavy atom. The topological polar surface area (TPSA) is 354 Å². The largest absolute Gasteiger partial charge is 0.394 e. The summed E-state index contributed by atoms with van der Waals surface area (Å²) in [4.78, 5) is 0. The number of aliphatic hydroxyl groups is 13. The summed E-state index contributed by atoms with van der Waals surface area (Å²) in [6.07, 6.45) is -31.9. The Bertz CT molecular complexity index is 924. The average Bonchev–Trinajstić information content (AvgIpc) is 3.31. The van der Waals surface area contributed by atoms with Gasteiger partial charge in [-0.1, -0.05) is 0 Å². The van der Waals surface area contributed by atoms with Crippen molar-refractivity contribution in [1.29, 1.82) is 0 Å². The van der Waals surface area contributed by atoms with Crippen LogP contribution in [0.4, 0.5) is 0 Å². The van der Waals surface area contributed by atoms with E-state index in [0.29, 0.717) is 0 Å². The molecule has 4 rings (SSSR count). The Balaban J connectivity index is 1.46. The van der Waals surface area contributed by atoms with Crippen LogP contribution >= 0.6 is 0 Å². The van der Waals surface area contributed by atoms with Crippen LogP contribution in [0.25, 0.3) is 0 Å². The van der Waals surface area contributed by atoms with Gasteiger partial charge < -0.3 is 105 Å². The standard InChI is InChI=1S/C24H43NO20/c25-9-13(33)12(32)8(42-22(9)44-19-14(34)10(30)6(2-27)40-21(19)38)4-39-24-20(15(35)11(31)7(3-28)41-24)45-23-17(37)16(36)18(43-23)5(29)1-26/h5-24,26-38H,1-4,25H2/t5-,6-,7-,8-,9-,10-,11+,12-,13-,14+,15+,16-,17-,18+,19-,20-,21?,22+,23+,24+/m1/s1. The summed E-state index contributed by atoms with van der Waals surface area (Å²) in [5, 5.41) is 132. The maximum atomic E-state index is 10.8. The molecule has 45 heavy (non-hydrogen) atoms. The zero-order valence-corrected chi connectivity index (χ0v) is 23.6. The van der Waals surface area contributed by atoms with Gasteiger partial charge in [0.25, 0.3) is 0 Å². The van der Waals surface area contributed by atoms with E-state index in [1.165, 1.54) is 0 Å². The normalized spacial score (nSPS) is 51.7. The molecule has 4 aliphatic rings. The quantitative estimate of drug-likeness (QED) is 0.0973. The van der Waals surface area contributed by atoms with Gasteiger partial charge in [0.2, 0.25) is 0 Å². The number of ether oxygens (including phenoxy) is 7. The van der Waals surface area contributed by atoms with Crippen molar-refractivity contribution in [1.82, 2.24) is 0 Å². The summed E-state index contributed by atoms with van der Waals surface area (Å²) >= 11 is 0. The van der Waals surface area contributed by atoms with Crippen LogP contribution in [0.15, 0.2) is 0 Å². The summed E-state index contributed by atoms with van der Waals surface area (Å²) in [6.45, 7) is -3.07. The summed E-state index contributed by atoms with van der Waals surface area (Å²) in [7, 11) is 0. The fourth-order valence-corrected chi connectivity index (χ4v) is 5.47. The average molecular weight is 666 g/mol. The molecule has 0 aromatic rings. The highest BCUT2D eigenvalue weighted by Crippen LogP contribution is 2.32. The molecule has 0 aromatic carbocycles. The molecule has 4 fully saturated rings. The molecular weight excluding hydrogens is 622 g/mol. The van der Waals surface area contributed by atoms with Gasteiger partial charge >= 0.3 is 0 Å². The van der Waals surface area contributed by atoms with Crippen LogP contribution in [0.1, 0.15) is 0 Å². The van der Waals surface area contributed by atoms with E-state index in [4.69, 9.17) is 38.9 Å². The second-order valence-corrected chi connectivity index (χ2v) is 11.3. The van der Waals surface area contributed by atoms with Gasteiger partial charge in [-0.15, -0.1) is 0 Å². The lowest BCUT2D eigenvalue weighted by Crippen LogP contribution is -2.66. The molecule has 0 spiro atoms. The monoisotopic (exact) mass is 665 g/mol. The highest BCUT2D eigenvalue weighted by atomic mass is 16.8. The fraction of sp³-hybridized carbons (Fsp3) is 1.00. The van der Waals surface area contributed by atoms with Gasteiger partial charge in [0, 0.05) is 0 Å². The van der Waals surface area contributed by atoms with Crippen molar-refractivity contribution in [3.05, 3.63) is 0 Å². The van der Waals surface area contributed by atoms with Crippen LogP contribution in [0.2, 0.25) is 0 Å². The van der Waals surface area contributed by atoms with Gasteiger partial charge in [-0.25, -0.2) is 0 Å². The maximum Gasteiger partial charge on any atom is 0.187 e. The number of aliphatic hydroxyl groups excluding tert-OH is 13. The number of hydrogen-bond donors (Lipinski definition) is 14. The zero-order valence-electron chi connectivity index (χ0n) is 23.6. The molecule has 4 aliphatic heterocycles. The third-order valence-corrected chi connectivity index (χ3v) is 8.25. The summed E-state index contributed by atoms with van der Waals surface area (Å²) < 4.78 is 38.1. The van der Waals surface area contributed by atoms with Crippen molar-refractivity contribution in [2.45, 2.75) is 123 Å². The zero-order chi connectivity index (χ0) is 33.3. The van der Waals surface area contributed by atoms with E-state index in [1.54, 1.807) is 0 Å². The fourth-order valence-electron chi connectivity index (χ4n) is 5.47. The van der Waals surface area contributed by atoms with Crippen LogP contribution in [-0.2, 0) is 33.2 Å². The minimum Gasteiger partial charge on any atom is -0.394 e. The second-order valence-electron chi connectivity index (χ2n) is 11.3. The summed E-state index contributed by atoms with van der Waals surface area (Å²) in [5.74, 6) is 0. The molecule has 0 bridgehead atoms. The van der Waals surface area contributed by atoms with Gasteiger partial charge in [-0.3, -0.25) is 0 Å². The minimum absolute atomic E-state index is 0.694. The highest BCUT2D eigenvalue weighted by Gasteiger charge is 2.54. The molecule has 21 nitrogen and oxygen atoms in total. The van der Waals surface area contributed by atoms with Crippen molar-refractivity contribution in [3.8, 4) is 0 Å². The SMILES string of the molecule is N[C@H]1[C@H](O[C@H]2C(O)O[C@H](CO)[C@@H](O)[C@@H]2O)O[C@H](CO[C@H]2O[C@H](CO)[C@H](O)[C@H](O)[C@H]2O[C@@H]2O[C@@H]([C@H](O)CO)[C@H](O)[C@H]2O)[C@@H](O)[C@@H]1O. The van der Waals surface area contributed by atoms with Gasteiger partial charge in [-0.2, -0.15) is 0 Å². The molecule has 1 unspecified atom stereocenters. The van der Waals surface area contributed by atoms with E-state index in [2.05, 4.69) is 0 Å². The van der Waals surface area contributed by atoms with Crippen LogP contribution in [0.5, 0.6) is 0 Å². The first kappa shape index (κ1) is 37.0.